The first-order valence-corrected chi connectivity index (χ1v) is 3.08. The SMILES string of the molecule is CC(C)[P+](=O)O.N. The maximum Gasteiger partial charge on any atom is 0.508 e. The average Bonchev–Trinajstić information content (AvgIpc) is 1.36. The number of rotatable bonds is 1. The van der Waals surface area contributed by atoms with Gasteiger partial charge in [-0.05, 0) is 18.4 Å². The van der Waals surface area contributed by atoms with Crippen LogP contribution in [0, 0.1) is 0 Å². The van der Waals surface area contributed by atoms with Crippen LogP contribution in [-0.2, 0) is 4.57 Å². The zero-order chi connectivity index (χ0) is 5.15. The molecule has 0 heterocycles. The van der Waals surface area contributed by atoms with Gasteiger partial charge in [-0.25, -0.2) is 0 Å². The summed E-state index contributed by atoms with van der Waals surface area (Å²) in [5, 5.41) is 0. The van der Waals surface area contributed by atoms with Crippen molar-refractivity contribution in [2.24, 2.45) is 0 Å². The Kier molecular flexibility index (Phi) is 6.04. The van der Waals surface area contributed by atoms with Crippen LogP contribution in [-0.4, -0.2) is 10.6 Å². The van der Waals surface area contributed by atoms with Crippen molar-refractivity contribution in [1.82, 2.24) is 6.15 Å². The van der Waals surface area contributed by atoms with E-state index in [4.69, 9.17) is 4.89 Å². The van der Waals surface area contributed by atoms with E-state index >= 15 is 0 Å². The lowest BCUT2D eigenvalue weighted by atomic mass is 10.6. The Morgan fingerprint density at radius 3 is 1.71 bits per heavy atom. The third-order valence-corrected chi connectivity index (χ3v) is 1.33. The Morgan fingerprint density at radius 2 is 1.71 bits per heavy atom. The van der Waals surface area contributed by atoms with Gasteiger partial charge < -0.3 is 6.15 Å². The summed E-state index contributed by atoms with van der Waals surface area (Å²) in [5.74, 6) is 0. The van der Waals surface area contributed by atoms with Crippen molar-refractivity contribution in [2.45, 2.75) is 19.5 Å². The van der Waals surface area contributed by atoms with Crippen molar-refractivity contribution in [1.29, 1.82) is 0 Å². The maximum atomic E-state index is 9.85. The van der Waals surface area contributed by atoms with Gasteiger partial charge >= 0.3 is 8.03 Å². The fourth-order valence-corrected chi connectivity index (χ4v) is 0. The smallest absolute Gasteiger partial charge is 0.344 e. The van der Waals surface area contributed by atoms with Gasteiger partial charge in [0.25, 0.3) is 0 Å². The van der Waals surface area contributed by atoms with Gasteiger partial charge in [-0.3, -0.25) is 0 Å². The van der Waals surface area contributed by atoms with E-state index in [0.717, 1.165) is 0 Å². The molecule has 7 heavy (non-hydrogen) atoms. The molecule has 0 fully saturated rings. The van der Waals surface area contributed by atoms with E-state index in [1.807, 2.05) is 0 Å². The normalized spacial score (nSPS) is 10.6. The molecule has 0 aromatic heterocycles. The fourth-order valence-electron chi connectivity index (χ4n) is 0. The van der Waals surface area contributed by atoms with E-state index in [1.165, 1.54) is 0 Å². The first kappa shape index (κ1) is 10.1. The zero-order valence-electron chi connectivity index (χ0n) is 4.59. The summed E-state index contributed by atoms with van der Waals surface area (Å²) >= 11 is 0. The van der Waals surface area contributed by atoms with Gasteiger partial charge in [0.1, 0.15) is 0 Å². The molecule has 0 saturated heterocycles. The van der Waals surface area contributed by atoms with Crippen molar-refractivity contribution in [2.75, 3.05) is 0 Å². The van der Waals surface area contributed by atoms with Crippen LogP contribution in [0.25, 0.3) is 0 Å². The quantitative estimate of drug-likeness (QED) is 0.517. The summed E-state index contributed by atoms with van der Waals surface area (Å²) in [5.41, 5.74) is -0.0833. The molecular formula is C3H11NO2P+. The molecule has 0 rings (SSSR count). The summed E-state index contributed by atoms with van der Waals surface area (Å²) in [6.45, 7) is 3.41. The Labute approximate surface area is 44.2 Å². The minimum absolute atomic E-state index is 0. The van der Waals surface area contributed by atoms with Crippen LogP contribution < -0.4 is 6.15 Å². The van der Waals surface area contributed by atoms with Crippen molar-refractivity contribution < 1.29 is 9.46 Å². The van der Waals surface area contributed by atoms with Gasteiger partial charge in [-0.15, -0.1) is 0 Å². The van der Waals surface area contributed by atoms with Crippen molar-refractivity contribution >= 4 is 8.03 Å². The first-order valence-electron chi connectivity index (χ1n) is 1.80. The second kappa shape index (κ2) is 4.19. The molecule has 0 saturated carbocycles. The van der Waals surface area contributed by atoms with E-state index in [0.29, 0.717) is 0 Å². The third-order valence-electron chi connectivity index (χ3n) is 0.442. The van der Waals surface area contributed by atoms with E-state index in [-0.39, 0.29) is 11.8 Å². The van der Waals surface area contributed by atoms with Crippen LogP contribution in [0.4, 0.5) is 0 Å². The van der Waals surface area contributed by atoms with Gasteiger partial charge in [0.05, 0.1) is 0 Å². The molecule has 0 aliphatic rings. The molecule has 1 atom stereocenters. The van der Waals surface area contributed by atoms with Gasteiger partial charge in [0, 0.05) is 0 Å². The minimum Gasteiger partial charge on any atom is -0.344 e. The van der Waals surface area contributed by atoms with Crippen LogP contribution in [0.3, 0.4) is 0 Å². The molecule has 1 unspecified atom stereocenters. The molecule has 0 spiro atoms. The number of hydrogen-bond acceptors (Lipinski definition) is 2. The zero-order valence-corrected chi connectivity index (χ0v) is 5.48. The van der Waals surface area contributed by atoms with Gasteiger partial charge in [-0.1, -0.05) is 0 Å². The largest absolute Gasteiger partial charge is 0.508 e. The Balaban J connectivity index is 0. The molecule has 0 aromatic rings. The predicted molar refractivity (Wildman–Crippen MR) is 30.0 cm³/mol. The lowest BCUT2D eigenvalue weighted by molar-refractivity contribution is 0.495. The molecule has 0 aliphatic carbocycles. The average molecular weight is 124 g/mol. The van der Waals surface area contributed by atoms with Crippen LogP contribution in [0.5, 0.6) is 0 Å². The standard InChI is InChI=1S/C3H7O2P.H3N/c1-3(2)6(4)5;/h3H,1-2H3;1H3/p+1. The summed E-state index contributed by atoms with van der Waals surface area (Å²) < 4.78 is 9.85. The second-order valence-corrected chi connectivity index (χ2v) is 3.03. The van der Waals surface area contributed by atoms with Crippen LogP contribution in [0.15, 0.2) is 0 Å². The molecule has 3 nitrogen and oxygen atoms in total. The highest BCUT2D eigenvalue weighted by Gasteiger charge is 2.14. The predicted octanol–water partition coefficient (Wildman–Crippen LogP) is 1.29. The summed E-state index contributed by atoms with van der Waals surface area (Å²) in [4.78, 5) is 8.14. The van der Waals surface area contributed by atoms with Gasteiger partial charge in [0.2, 0.25) is 0 Å². The summed E-state index contributed by atoms with van der Waals surface area (Å²) in [6.07, 6.45) is 0. The molecule has 4 heteroatoms. The fraction of sp³-hybridized carbons (Fsp3) is 1.00. The summed E-state index contributed by atoms with van der Waals surface area (Å²) in [6, 6.07) is 0. The molecule has 4 N–H and O–H groups in total. The molecule has 0 radical (unpaired) electrons. The van der Waals surface area contributed by atoms with Crippen molar-refractivity contribution in [3.05, 3.63) is 0 Å². The lowest BCUT2D eigenvalue weighted by Gasteiger charge is -1.74. The molecular weight excluding hydrogens is 113 g/mol. The molecule has 0 bridgehead atoms. The van der Waals surface area contributed by atoms with Crippen molar-refractivity contribution in [3.8, 4) is 0 Å². The highest BCUT2D eigenvalue weighted by Crippen LogP contribution is 2.19. The Hall–Kier alpha value is 0.0200. The van der Waals surface area contributed by atoms with Gasteiger partial charge in [0.15, 0.2) is 5.66 Å². The second-order valence-electron chi connectivity index (χ2n) is 1.40. The minimum atomic E-state index is -1.91. The van der Waals surface area contributed by atoms with Gasteiger partial charge in [-0.2, -0.15) is 4.89 Å². The Morgan fingerprint density at radius 1 is 1.57 bits per heavy atom. The lowest BCUT2D eigenvalue weighted by Crippen LogP contribution is -1.81. The highest BCUT2D eigenvalue weighted by atomic mass is 31.1. The molecule has 0 aliphatic heterocycles. The number of hydrogen-bond donors (Lipinski definition) is 2. The molecule has 44 valence electrons. The van der Waals surface area contributed by atoms with Crippen LogP contribution in [0.2, 0.25) is 0 Å². The first-order chi connectivity index (χ1) is 2.64. The summed E-state index contributed by atoms with van der Waals surface area (Å²) in [7, 11) is -1.91. The highest BCUT2D eigenvalue weighted by molar-refractivity contribution is 7.38. The monoisotopic (exact) mass is 124 g/mol. The van der Waals surface area contributed by atoms with E-state index in [2.05, 4.69) is 0 Å². The van der Waals surface area contributed by atoms with Crippen molar-refractivity contribution in [3.63, 3.8) is 0 Å². The molecule has 0 amide bonds. The Bertz CT molecular complexity index is 64.0. The van der Waals surface area contributed by atoms with E-state index < -0.39 is 8.03 Å². The van der Waals surface area contributed by atoms with E-state index in [9.17, 15) is 4.57 Å². The van der Waals surface area contributed by atoms with Crippen LogP contribution >= 0.6 is 8.03 Å². The maximum absolute atomic E-state index is 9.85. The van der Waals surface area contributed by atoms with E-state index in [1.54, 1.807) is 13.8 Å². The molecule has 0 aromatic carbocycles. The van der Waals surface area contributed by atoms with Crippen LogP contribution in [0.1, 0.15) is 13.8 Å². The third kappa shape index (κ3) is 6.02. The topological polar surface area (TPSA) is 72.3 Å².